The van der Waals surface area contributed by atoms with Crippen molar-refractivity contribution < 1.29 is 14.0 Å². The zero-order chi connectivity index (χ0) is 20.8. The molecule has 156 valence electrons. The second-order valence-electron chi connectivity index (χ2n) is 8.62. The number of hydrogen-bond acceptors (Lipinski definition) is 3. The first-order chi connectivity index (χ1) is 14.5. The first-order valence-electron chi connectivity index (χ1n) is 10.7. The molecule has 1 saturated heterocycles. The molecule has 5 nitrogen and oxygen atoms in total. The molecule has 0 saturated carbocycles. The highest BCUT2D eigenvalue weighted by Gasteiger charge is 2.40. The molecular formula is C24H26FN3O2. The number of amides is 2. The lowest BCUT2D eigenvalue weighted by Gasteiger charge is -2.34. The van der Waals surface area contributed by atoms with Crippen LogP contribution in [-0.4, -0.2) is 54.8 Å². The maximum atomic E-state index is 14.0. The minimum Gasteiger partial charge on any atom is -0.340 e. The molecule has 3 aliphatic rings. The Hall–Kier alpha value is -2.73. The Bertz CT molecular complexity index is 1010. The fraction of sp³-hybridized carbons (Fsp3) is 0.417. The van der Waals surface area contributed by atoms with Crippen molar-refractivity contribution in [3.63, 3.8) is 0 Å². The summed E-state index contributed by atoms with van der Waals surface area (Å²) >= 11 is 0. The van der Waals surface area contributed by atoms with Gasteiger partial charge in [0.15, 0.2) is 0 Å². The number of rotatable bonds is 3. The highest BCUT2D eigenvalue weighted by atomic mass is 19.1. The van der Waals surface area contributed by atoms with Crippen LogP contribution in [0.1, 0.15) is 45.9 Å². The number of likely N-dealkylation sites (N-methyl/N-ethyl adjacent to an activating group) is 1. The van der Waals surface area contributed by atoms with Gasteiger partial charge in [-0.15, -0.1) is 0 Å². The molecule has 1 atom stereocenters. The van der Waals surface area contributed by atoms with Crippen molar-refractivity contribution in [2.24, 2.45) is 0 Å². The van der Waals surface area contributed by atoms with E-state index in [4.69, 9.17) is 0 Å². The normalized spacial score (nSPS) is 21.1. The number of carbonyl (C=O) groups is 2. The quantitative estimate of drug-likeness (QED) is 0.785. The molecule has 2 aromatic carbocycles. The summed E-state index contributed by atoms with van der Waals surface area (Å²) in [5, 5.41) is 0. The van der Waals surface area contributed by atoms with Crippen molar-refractivity contribution >= 4 is 17.5 Å². The maximum absolute atomic E-state index is 14.0. The SMILES string of the molecule is CN1CCN(C(=O)CC2c3cc4c(cc3C(=O)N2c2cccc(F)c2)CCC4)CC1. The van der Waals surface area contributed by atoms with E-state index >= 15 is 0 Å². The molecule has 2 aliphatic heterocycles. The van der Waals surface area contributed by atoms with Crippen molar-refractivity contribution in [1.82, 2.24) is 9.80 Å². The second kappa shape index (κ2) is 7.51. The lowest BCUT2D eigenvalue weighted by Crippen LogP contribution is -2.47. The van der Waals surface area contributed by atoms with Crippen molar-refractivity contribution in [2.75, 3.05) is 38.1 Å². The van der Waals surface area contributed by atoms with Gasteiger partial charge in [0, 0.05) is 37.4 Å². The number of halogens is 1. The van der Waals surface area contributed by atoms with Crippen molar-refractivity contribution in [3.8, 4) is 0 Å². The van der Waals surface area contributed by atoms with Crippen LogP contribution >= 0.6 is 0 Å². The number of benzene rings is 2. The molecule has 1 aliphatic carbocycles. The standard InChI is InChI=1S/C24H26FN3O2/c1-26-8-10-27(11-9-26)23(29)15-22-20-12-16-4-2-5-17(16)13-21(20)24(30)28(22)19-7-3-6-18(25)14-19/h3,6-7,12-14,22H,2,4-5,8-11,15H2,1H3. The predicted molar refractivity (Wildman–Crippen MR) is 113 cm³/mol. The topological polar surface area (TPSA) is 43.9 Å². The summed E-state index contributed by atoms with van der Waals surface area (Å²) in [6.07, 6.45) is 3.32. The summed E-state index contributed by atoms with van der Waals surface area (Å²) in [5.74, 6) is -0.472. The van der Waals surface area contributed by atoms with Gasteiger partial charge in [0.2, 0.25) is 5.91 Å². The third kappa shape index (κ3) is 3.29. The molecule has 2 aromatic rings. The van der Waals surface area contributed by atoms with Gasteiger partial charge in [-0.05, 0) is 67.3 Å². The van der Waals surface area contributed by atoms with E-state index in [1.165, 1.54) is 23.3 Å². The van der Waals surface area contributed by atoms with Crippen molar-refractivity contribution in [3.05, 3.63) is 64.5 Å². The van der Waals surface area contributed by atoms with Gasteiger partial charge in [-0.1, -0.05) is 12.1 Å². The van der Waals surface area contributed by atoms with Gasteiger partial charge in [-0.3, -0.25) is 9.59 Å². The third-order valence-electron chi connectivity index (χ3n) is 6.69. The van der Waals surface area contributed by atoms with Gasteiger partial charge < -0.3 is 14.7 Å². The number of aryl methyl sites for hydroxylation is 2. The molecule has 5 rings (SSSR count). The molecule has 1 unspecified atom stereocenters. The number of fused-ring (bicyclic) bond motifs is 2. The fourth-order valence-electron chi connectivity index (χ4n) is 4.99. The first kappa shape index (κ1) is 19.2. The Morgan fingerprint density at radius 3 is 2.53 bits per heavy atom. The van der Waals surface area contributed by atoms with Crippen LogP contribution in [0.2, 0.25) is 0 Å². The van der Waals surface area contributed by atoms with E-state index in [9.17, 15) is 14.0 Å². The van der Waals surface area contributed by atoms with Crippen LogP contribution in [0.25, 0.3) is 0 Å². The third-order valence-corrected chi connectivity index (χ3v) is 6.69. The lowest BCUT2D eigenvalue weighted by molar-refractivity contribution is -0.133. The highest BCUT2D eigenvalue weighted by Crippen LogP contribution is 2.42. The van der Waals surface area contributed by atoms with E-state index in [2.05, 4.69) is 18.0 Å². The van der Waals surface area contributed by atoms with Crippen LogP contribution in [-0.2, 0) is 17.6 Å². The van der Waals surface area contributed by atoms with E-state index < -0.39 is 6.04 Å². The Balaban J connectivity index is 1.51. The number of anilines is 1. The van der Waals surface area contributed by atoms with Gasteiger partial charge in [-0.25, -0.2) is 4.39 Å². The van der Waals surface area contributed by atoms with E-state index in [1.54, 1.807) is 17.0 Å². The first-order valence-corrected chi connectivity index (χ1v) is 10.7. The summed E-state index contributed by atoms with van der Waals surface area (Å²) in [5.41, 5.74) is 4.59. The van der Waals surface area contributed by atoms with Crippen LogP contribution in [0.3, 0.4) is 0 Å². The maximum Gasteiger partial charge on any atom is 0.259 e. The van der Waals surface area contributed by atoms with Crippen LogP contribution in [0.5, 0.6) is 0 Å². The van der Waals surface area contributed by atoms with Crippen molar-refractivity contribution in [1.29, 1.82) is 0 Å². The van der Waals surface area contributed by atoms with Gasteiger partial charge in [0.25, 0.3) is 5.91 Å². The van der Waals surface area contributed by atoms with Gasteiger partial charge in [-0.2, -0.15) is 0 Å². The Morgan fingerprint density at radius 2 is 1.80 bits per heavy atom. The molecular weight excluding hydrogens is 381 g/mol. The summed E-state index contributed by atoms with van der Waals surface area (Å²) in [6, 6.07) is 9.84. The molecule has 2 heterocycles. The molecule has 0 spiro atoms. The highest BCUT2D eigenvalue weighted by molar-refractivity contribution is 6.11. The minimum atomic E-state index is -0.396. The summed E-state index contributed by atoms with van der Waals surface area (Å²) in [7, 11) is 2.06. The van der Waals surface area contributed by atoms with Gasteiger partial charge in [0.1, 0.15) is 5.82 Å². The number of piperazine rings is 1. The van der Waals surface area contributed by atoms with E-state index in [1.807, 2.05) is 11.0 Å². The molecule has 1 fully saturated rings. The average Bonchev–Trinajstić information content (AvgIpc) is 3.29. The summed E-state index contributed by atoms with van der Waals surface area (Å²) in [6.45, 7) is 3.11. The number of hydrogen-bond donors (Lipinski definition) is 0. The molecule has 0 aromatic heterocycles. The number of nitrogens with zero attached hydrogens (tertiary/aromatic N) is 3. The summed E-state index contributed by atoms with van der Waals surface area (Å²) in [4.78, 5) is 32.3. The van der Waals surface area contributed by atoms with Crippen LogP contribution in [0.4, 0.5) is 10.1 Å². The summed E-state index contributed by atoms with van der Waals surface area (Å²) < 4.78 is 14.0. The molecule has 2 amide bonds. The zero-order valence-electron chi connectivity index (χ0n) is 17.2. The lowest BCUT2D eigenvalue weighted by atomic mass is 9.96. The average molecular weight is 407 g/mol. The van der Waals surface area contributed by atoms with Gasteiger partial charge in [0.05, 0.1) is 12.5 Å². The Kier molecular flexibility index (Phi) is 4.82. The molecule has 0 bridgehead atoms. The fourth-order valence-corrected chi connectivity index (χ4v) is 4.99. The number of carbonyl (C=O) groups excluding carboxylic acids is 2. The zero-order valence-corrected chi connectivity index (χ0v) is 17.2. The monoisotopic (exact) mass is 407 g/mol. The van der Waals surface area contributed by atoms with E-state index in [0.717, 1.165) is 37.9 Å². The van der Waals surface area contributed by atoms with Crippen LogP contribution in [0.15, 0.2) is 36.4 Å². The van der Waals surface area contributed by atoms with E-state index in [-0.39, 0.29) is 24.1 Å². The Morgan fingerprint density at radius 1 is 1.07 bits per heavy atom. The van der Waals surface area contributed by atoms with Crippen molar-refractivity contribution in [2.45, 2.75) is 31.7 Å². The minimum absolute atomic E-state index is 0.0515. The predicted octanol–water partition coefficient (Wildman–Crippen LogP) is 3.18. The molecule has 0 N–H and O–H groups in total. The van der Waals surface area contributed by atoms with Gasteiger partial charge >= 0.3 is 0 Å². The van der Waals surface area contributed by atoms with Crippen LogP contribution in [0, 0.1) is 5.82 Å². The van der Waals surface area contributed by atoms with Crippen LogP contribution < -0.4 is 4.90 Å². The van der Waals surface area contributed by atoms with E-state index in [0.29, 0.717) is 24.3 Å². The molecule has 6 heteroatoms. The second-order valence-corrected chi connectivity index (χ2v) is 8.62. The Labute approximate surface area is 176 Å². The smallest absolute Gasteiger partial charge is 0.259 e. The largest absolute Gasteiger partial charge is 0.340 e. The molecule has 0 radical (unpaired) electrons. The molecule has 30 heavy (non-hydrogen) atoms.